The van der Waals surface area contributed by atoms with Crippen LogP contribution in [0.5, 0.6) is 0 Å². The molecule has 0 spiro atoms. The standard InChI is InChI=1S/C74H125N2O6P/c1-6-8-10-12-14-16-18-20-22-24-26-28-30-32-33-34-35-36-37-38-39-40-41-42-43-44-46-48-50-52-54-56-58-60-62-64-66-68-74(78)75-72(71-82-83(79,80)81-70-69-76(3,4)5)73(77)67-65-63-61-59-57-55-53-51-49-47-45-31-29-27-25-23-21-19-17-15-13-11-9-7-2/h8,10,14,16,20,22,26,28,32-33,35-36,38-39,41-42,44,46,49-52,57,59,65,67,72-73,77H,6-7,9,11-13,15,17-19,21,23-25,27,29-31,34,37,40,43,45,47-48,53-56,58,60-64,66,68-71H2,1-5H3,(H-,75,78,79,80)/b10-8-,16-14-,22-20-,28-26-,33-32-,36-35-,39-38-,42-41-,46-44-,51-49+,52-50-,59-57+,67-65+. The van der Waals surface area contributed by atoms with E-state index in [0.29, 0.717) is 17.4 Å². The third-order valence-corrected chi connectivity index (χ3v) is 14.9. The van der Waals surface area contributed by atoms with Gasteiger partial charge in [-0.05, 0) is 122 Å². The molecule has 0 saturated heterocycles. The van der Waals surface area contributed by atoms with Crippen molar-refractivity contribution < 1.29 is 32.9 Å². The highest BCUT2D eigenvalue weighted by atomic mass is 31.2. The van der Waals surface area contributed by atoms with E-state index in [4.69, 9.17) is 9.05 Å². The molecule has 472 valence electrons. The first-order chi connectivity index (χ1) is 40.5. The minimum absolute atomic E-state index is 0.0206. The molecule has 2 N–H and O–H groups in total. The largest absolute Gasteiger partial charge is 0.756 e. The minimum Gasteiger partial charge on any atom is -0.756 e. The van der Waals surface area contributed by atoms with Crippen LogP contribution in [-0.2, 0) is 18.4 Å². The lowest BCUT2D eigenvalue weighted by molar-refractivity contribution is -0.870. The van der Waals surface area contributed by atoms with Crippen molar-refractivity contribution in [1.29, 1.82) is 0 Å². The lowest BCUT2D eigenvalue weighted by Crippen LogP contribution is -2.45. The third kappa shape index (κ3) is 65.5. The van der Waals surface area contributed by atoms with Crippen LogP contribution in [-0.4, -0.2) is 68.5 Å². The number of nitrogens with one attached hydrogen (secondary N) is 1. The Morgan fingerprint density at radius 2 is 0.747 bits per heavy atom. The molecule has 0 heterocycles. The van der Waals surface area contributed by atoms with Crippen LogP contribution in [0.2, 0.25) is 0 Å². The first kappa shape index (κ1) is 79.1. The molecule has 0 aliphatic heterocycles. The average molecular weight is 1170 g/mol. The molecule has 0 aliphatic carbocycles. The summed E-state index contributed by atoms with van der Waals surface area (Å²) < 4.78 is 23.4. The molecule has 8 nitrogen and oxygen atoms in total. The summed E-state index contributed by atoms with van der Waals surface area (Å²) in [5, 5.41) is 13.9. The second-order valence-electron chi connectivity index (χ2n) is 23.1. The fourth-order valence-corrected chi connectivity index (χ4v) is 9.52. The number of amides is 1. The summed E-state index contributed by atoms with van der Waals surface area (Å²) >= 11 is 0. The van der Waals surface area contributed by atoms with Crippen molar-refractivity contribution in [3.63, 3.8) is 0 Å². The first-order valence-electron chi connectivity index (χ1n) is 33.3. The first-order valence-corrected chi connectivity index (χ1v) is 34.8. The van der Waals surface area contributed by atoms with Gasteiger partial charge in [0.2, 0.25) is 5.91 Å². The lowest BCUT2D eigenvalue weighted by Gasteiger charge is -2.29. The van der Waals surface area contributed by atoms with E-state index in [1.165, 1.54) is 96.3 Å². The van der Waals surface area contributed by atoms with E-state index in [1.807, 2.05) is 27.2 Å². The number of aliphatic hydroxyl groups is 1. The van der Waals surface area contributed by atoms with Gasteiger partial charge in [0.15, 0.2) is 0 Å². The molecule has 9 heteroatoms. The number of nitrogens with zero attached hydrogens (tertiary/aromatic N) is 1. The van der Waals surface area contributed by atoms with Crippen LogP contribution in [0.25, 0.3) is 0 Å². The van der Waals surface area contributed by atoms with E-state index in [9.17, 15) is 19.4 Å². The summed E-state index contributed by atoms with van der Waals surface area (Å²) in [6.07, 6.45) is 97.7. The zero-order valence-corrected chi connectivity index (χ0v) is 54.7. The van der Waals surface area contributed by atoms with Crippen LogP contribution in [0.4, 0.5) is 0 Å². The Balaban J connectivity index is 4.27. The van der Waals surface area contributed by atoms with E-state index >= 15 is 0 Å². The number of hydrogen-bond donors (Lipinski definition) is 2. The van der Waals surface area contributed by atoms with Gasteiger partial charge in [0.05, 0.1) is 39.9 Å². The molecular weight excluding hydrogens is 1040 g/mol. The Labute approximate surface area is 511 Å². The third-order valence-electron chi connectivity index (χ3n) is 13.9. The SMILES string of the molecule is CC/C=C\C/C=C\C/C=C\C/C=C\C/C=C\C/C=C\C/C=C\C/C=C\C/C=C\C/C=C\CCCCCCCCC(=O)NC(COP(=O)([O-])OCC[N+](C)(C)C)C(O)/C=C/CC/C=C/CC/C=C/CCCCCCCCCCCCCCCC. The van der Waals surface area contributed by atoms with Crippen LogP contribution in [0.3, 0.4) is 0 Å². The minimum atomic E-state index is -4.63. The van der Waals surface area contributed by atoms with Crippen LogP contribution in [0.1, 0.15) is 251 Å². The number of hydrogen-bond acceptors (Lipinski definition) is 6. The van der Waals surface area contributed by atoms with Gasteiger partial charge in [-0.2, -0.15) is 0 Å². The maximum atomic E-state index is 13.0. The smallest absolute Gasteiger partial charge is 0.268 e. The summed E-state index contributed by atoms with van der Waals surface area (Å²) in [5.74, 6) is -0.231. The molecule has 0 aromatic carbocycles. The Bertz CT molecular complexity index is 1910. The van der Waals surface area contributed by atoms with Crippen molar-refractivity contribution in [1.82, 2.24) is 5.32 Å². The van der Waals surface area contributed by atoms with Crippen molar-refractivity contribution in [2.75, 3.05) is 40.9 Å². The van der Waals surface area contributed by atoms with Crippen molar-refractivity contribution in [2.24, 2.45) is 0 Å². The number of aliphatic hydroxyl groups excluding tert-OH is 1. The van der Waals surface area contributed by atoms with Gasteiger partial charge in [0, 0.05) is 6.42 Å². The summed E-state index contributed by atoms with van der Waals surface area (Å²) in [4.78, 5) is 25.6. The van der Waals surface area contributed by atoms with Crippen LogP contribution < -0.4 is 10.2 Å². The van der Waals surface area contributed by atoms with Crippen molar-refractivity contribution in [3.8, 4) is 0 Å². The number of unbranched alkanes of at least 4 members (excludes halogenated alkanes) is 22. The van der Waals surface area contributed by atoms with E-state index in [-0.39, 0.29) is 12.5 Å². The fraction of sp³-hybridized carbons (Fsp3) is 0.635. The number of likely N-dealkylation sites (N-methyl/N-ethyl adjacent to an activating group) is 1. The number of rotatable bonds is 59. The topological polar surface area (TPSA) is 108 Å². The molecule has 83 heavy (non-hydrogen) atoms. The number of phosphoric acid groups is 1. The number of allylic oxidation sites excluding steroid dienone is 25. The van der Waals surface area contributed by atoms with Gasteiger partial charge in [-0.15, -0.1) is 0 Å². The van der Waals surface area contributed by atoms with Gasteiger partial charge in [-0.25, -0.2) is 0 Å². The highest BCUT2D eigenvalue weighted by Crippen LogP contribution is 2.38. The molecule has 3 atom stereocenters. The fourth-order valence-electron chi connectivity index (χ4n) is 8.80. The molecule has 0 aromatic heterocycles. The van der Waals surface area contributed by atoms with E-state index in [2.05, 4.69) is 165 Å². The second kappa shape index (κ2) is 62.6. The Hall–Kier alpha value is -3.88. The van der Waals surface area contributed by atoms with Gasteiger partial charge in [0.1, 0.15) is 13.2 Å². The van der Waals surface area contributed by atoms with Gasteiger partial charge in [-0.3, -0.25) is 9.36 Å². The van der Waals surface area contributed by atoms with Crippen LogP contribution in [0, 0.1) is 0 Å². The normalized spacial score (nSPS) is 14.7. The quantitative estimate of drug-likeness (QED) is 0.0272. The molecule has 0 rings (SSSR count). The molecule has 0 aromatic rings. The second-order valence-corrected chi connectivity index (χ2v) is 24.5. The van der Waals surface area contributed by atoms with E-state index in [0.717, 1.165) is 135 Å². The van der Waals surface area contributed by atoms with Gasteiger partial charge < -0.3 is 28.8 Å². The number of carbonyl (C=O) groups excluding carboxylic acids is 1. The summed E-state index contributed by atoms with van der Waals surface area (Å²) in [5.41, 5.74) is 0. The van der Waals surface area contributed by atoms with Gasteiger partial charge in [0.25, 0.3) is 7.82 Å². The highest BCUT2D eigenvalue weighted by Gasteiger charge is 2.23. The molecule has 0 bridgehead atoms. The number of quaternary nitrogens is 1. The van der Waals surface area contributed by atoms with Gasteiger partial charge in [-0.1, -0.05) is 281 Å². The molecule has 3 unspecified atom stereocenters. The summed E-state index contributed by atoms with van der Waals surface area (Å²) in [6.45, 7) is 4.49. The molecule has 0 fully saturated rings. The number of carbonyl (C=O) groups is 1. The molecule has 0 saturated carbocycles. The summed E-state index contributed by atoms with van der Waals surface area (Å²) in [7, 11) is 1.20. The molecular formula is C74H125N2O6P. The zero-order valence-electron chi connectivity index (χ0n) is 53.8. The molecule has 1 amide bonds. The van der Waals surface area contributed by atoms with Crippen molar-refractivity contribution >= 4 is 13.7 Å². The Morgan fingerprint density at radius 1 is 0.434 bits per heavy atom. The summed E-state index contributed by atoms with van der Waals surface area (Å²) in [6, 6.07) is -0.932. The van der Waals surface area contributed by atoms with Crippen molar-refractivity contribution in [2.45, 2.75) is 264 Å². The molecule has 0 radical (unpaired) electrons. The van der Waals surface area contributed by atoms with Gasteiger partial charge >= 0.3 is 0 Å². The number of phosphoric ester groups is 1. The predicted molar refractivity (Wildman–Crippen MR) is 361 cm³/mol. The van der Waals surface area contributed by atoms with E-state index < -0.39 is 26.6 Å². The lowest BCUT2D eigenvalue weighted by atomic mass is 10.0. The Kier molecular flexibility index (Phi) is 59.7. The predicted octanol–water partition coefficient (Wildman–Crippen LogP) is 20.7. The van der Waals surface area contributed by atoms with Crippen LogP contribution in [0.15, 0.2) is 158 Å². The molecule has 0 aliphatic rings. The zero-order chi connectivity index (χ0) is 60.5. The maximum Gasteiger partial charge on any atom is 0.268 e. The average Bonchev–Trinajstić information content (AvgIpc) is 3.50. The van der Waals surface area contributed by atoms with Crippen molar-refractivity contribution in [3.05, 3.63) is 158 Å². The van der Waals surface area contributed by atoms with E-state index in [1.54, 1.807) is 6.08 Å². The Morgan fingerprint density at radius 3 is 1.12 bits per heavy atom. The maximum absolute atomic E-state index is 13.0. The monoisotopic (exact) mass is 1170 g/mol. The van der Waals surface area contributed by atoms with Crippen LogP contribution >= 0.6 is 7.82 Å². The highest BCUT2D eigenvalue weighted by molar-refractivity contribution is 7.45.